The van der Waals surface area contributed by atoms with Gasteiger partial charge in [-0.25, -0.2) is 0 Å². The first-order chi connectivity index (χ1) is 9.43. The number of nitrogens with zero attached hydrogens (tertiary/aromatic N) is 2. The summed E-state index contributed by atoms with van der Waals surface area (Å²) in [6, 6.07) is 5.22. The van der Waals surface area contributed by atoms with E-state index < -0.39 is 6.10 Å². The van der Waals surface area contributed by atoms with Crippen LogP contribution in [0.25, 0.3) is 0 Å². The number of aryl methyl sites for hydroxylation is 2. The first-order valence-electron chi connectivity index (χ1n) is 6.13. The first-order valence-corrected chi connectivity index (χ1v) is 6.89. The highest BCUT2D eigenvalue weighted by molar-refractivity contribution is 6.32. The smallest absolute Gasteiger partial charge is 0.137 e. The number of hydrogen-bond acceptors (Lipinski definition) is 3. The van der Waals surface area contributed by atoms with Gasteiger partial charge >= 0.3 is 0 Å². The predicted octanol–water partition coefficient (Wildman–Crippen LogP) is 3.32. The van der Waals surface area contributed by atoms with Crippen LogP contribution in [0.15, 0.2) is 18.2 Å². The summed E-state index contributed by atoms with van der Waals surface area (Å²) in [4.78, 5) is 0. The summed E-state index contributed by atoms with van der Waals surface area (Å²) in [5, 5.41) is 15.6. The second-order valence-corrected chi connectivity index (χ2v) is 5.36. The Kier molecular flexibility index (Phi) is 4.58. The monoisotopic (exact) mass is 314 g/mol. The fourth-order valence-corrected chi connectivity index (χ4v) is 2.62. The van der Waals surface area contributed by atoms with Crippen LogP contribution in [-0.2, 0) is 13.5 Å². The average Bonchev–Trinajstić information content (AvgIpc) is 2.65. The molecule has 4 nitrogen and oxygen atoms in total. The van der Waals surface area contributed by atoms with Crippen LogP contribution in [0, 0.1) is 6.92 Å². The lowest BCUT2D eigenvalue weighted by atomic mass is 10.0. The van der Waals surface area contributed by atoms with Gasteiger partial charge in [-0.15, -0.1) is 0 Å². The van der Waals surface area contributed by atoms with Gasteiger partial charge < -0.3 is 9.84 Å². The van der Waals surface area contributed by atoms with Crippen molar-refractivity contribution in [2.45, 2.75) is 19.4 Å². The fourth-order valence-electron chi connectivity index (χ4n) is 2.11. The second kappa shape index (κ2) is 6.04. The van der Waals surface area contributed by atoms with Crippen molar-refractivity contribution in [2.75, 3.05) is 7.11 Å². The predicted molar refractivity (Wildman–Crippen MR) is 79.6 cm³/mol. The van der Waals surface area contributed by atoms with Crippen LogP contribution in [0.3, 0.4) is 0 Å². The van der Waals surface area contributed by atoms with Gasteiger partial charge in [0.2, 0.25) is 0 Å². The quantitative estimate of drug-likeness (QED) is 0.941. The van der Waals surface area contributed by atoms with E-state index in [1.807, 2.05) is 6.92 Å². The van der Waals surface area contributed by atoms with E-state index in [4.69, 9.17) is 27.9 Å². The summed E-state index contributed by atoms with van der Waals surface area (Å²) >= 11 is 12.2. The standard InChI is InChI=1S/C14H16Cl2N2O2/c1-8-10(14(16)18(2)17-8)7-12(19)9-4-5-13(20-3)11(15)6-9/h4-6,12,19H,7H2,1-3H3. The van der Waals surface area contributed by atoms with Gasteiger partial charge in [-0.3, -0.25) is 4.68 Å². The van der Waals surface area contributed by atoms with E-state index in [9.17, 15) is 5.11 Å². The molecule has 0 fully saturated rings. The third kappa shape index (κ3) is 2.92. The van der Waals surface area contributed by atoms with E-state index >= 15 is 0 Å². The zero-order valence-corrected chi connectivity index (χ0v) is 13.0. The van der Waals surface area contributed by atoms with Gasteiger partial charge in [0.25, 0.3) is 0 Å². The molecule has 20 heavy (non-hydrogen) atoms. The Morgan fingerprint density at radius 2 is 2.10 bits per heavy atom. The molecule has 2 rings (SSSR count). The van der Waals surface area contributed by atoms with E-state index in [0.29, 0.717) is 22.3 Å². The molecule has 1 atom stereocenters. The normalized spacial score (nSPS) is 12.5. The zero-order valence-electron chi connectivity index (χ0n) is 11.5. The van der Waals surface area contributed by atoms with Crippen molar-refractivity contribution in [2.24, 2.45) is 7.05 Å². The van der Waals surface area contributed by atoms with E-state index in [1.54, 1.807) is 37.0 Å². The van der Waals surface area contributed by atoms with Crippen LogP contribution in [-0.4, -0.2) is 22.0 Å². The lowest BCUT2D eigenvalue weighted by Crippen LogP contribution is -2.03. The van der Waals surface area contributed by atoms with Crippen molar-refractivity contribution in [1.29, 1.82) is 0 Å². The molecule has 0 aliphatic heterocycles. The Labute approximate surface area is 127 Å². The molecule has 6 heteroatoms. The number of hydrogen-bond donors (Lipinski definition) is 1. The largest absolute Gasteiger partial charge is 0.495 e. The summed E-state index contributed by atoms with van der Waals surface area (Å²) in [7, 11) is 3.32. The minimum atomic E-state index is -0.696. The Hall–Kier alpha value is -1.23. The summed E-state index contributed by atoms with van der Waals surface area (Å²) in [5.74, 6) is 0.582. The molecule has 0 spiro atoms. The van der Waals surface area contributed by atoms with Gasteiger partial charge in [0, 0.05) is 19.0 Å². The Morgan fingerprint density at radius 3 is 2.60 bits per heavy atom. The number of benzene rings is 1. The molecule has 0 aliphatic rings. The molecular weight excluding hydrogens is 299 g/mol. The highest BCUT2D eigenvalue weighted by atomic mass is 35.5. The highest BCUT2D eigenvalue weighted by Crippen LogP contribution is 2.30. The fraction of sp³-hybridized carbons (Fsp3) is 0.357. The maximum absolute atomic E-state index is 10.3. The van der Waals surface area contributed by atoms with Crippen LogP contribution in [0.4, 0.5) is 0 Å². The van der Waals surface area contributed by atoms with E-state index in [2.05, 4.69) is 5.10 Å². The van der Waals surface area contributed by atoms with Gasteiger partial charge in [-0.2, -0.15) is 5.10 Å². The lowest BCUT2D eigenvalue weighted by molar-refractivity contribution is 0.178. The number of methoxy groups -OCH3 is 1. The molecule has 0 aliphatic carbocycles. The Morgan fingerprint density at radius 1 is 1.40 bits per heavy atom. The van der Waals surface area contributed by atoms with Gasteiger partial charge in [0.15, 0.2) is 0 Å². The van der Waals surface area contributed by atoms with Gasteiger partial charge in [0.05, 0.1) is 23.9 Å². The summed E-state index contributed by atoms with van der Waals surface area (Å²) in [6.45, 7) is 1.87. The second-order valence-electron chi connectivity index (χ2n) is 4.59. The number of aliphatic hydroxyl groups excluding tert-OH is 1. The van der Waals surface area contributed by atoms with E-state index in [1.165, 1.54) is 0 Å². The Balaban J connectivity index is 2.23. The minimum Gasteiger partial charge on any atom is -0.495 e. The maximum atomic E-state index is 10.3. The number of halogens is 2. The molecule has 0 saturated heterocycles. The maximum Gasteiger partial charge on any atom is 0.137 e. The van der Waals surface area contributed by atoms with Crippen molar-refractivity contribution in [1.82, 2.24) is 9.78 Å². The van der Waals surface area contributed by atoms with Gasteiger partial charge in [0.1, 0.15) is 10.9 Å². The molecule has 1 aromatic heterocycles. The SMILES string of the molecule is COc1ccc(C(O)Cc2c(C)nn(C)c2Cl)cc1Cl. The molecule has 108 valence electrons. The van der Waals surface area contributed by atoms with Crippen LogP contribution >= 0.6 is 23.2 Å². The molecule has 0 saturated carbocycles. The Bertz CT molecular complexity index is 626. The minimum absolute atomic E-state index is 0.390. The highest BCUT2D eigenvalue weighted by Gasteiger charge is 2.17. The van der Waals surface area contributed by atoms with Crippen LogP contribution in [0.2, 0.25) is 10.2 Å². The topological polar surface area (TPSA) is 47.3 Å². The van der Waals surface area contributed by atoms with Crippen LogP contribution in [0.1, 0.15) is 22.9 Å². The number of rotatable bonds is 4. The number of aliphatic hydroxyl groups is 1. The first kappa shape index (κ1) is 15.2. The van der Waals surface area contributed by atoms with E-state index in [0.717, 1.165) is 16.8 Å². The van der Waals surface area contributed by atoms with Crippen LogP contribution < -0.4 is 4.74 Å². The summed E-state index contributed by atoms with van der Waals surface area (Å²) < 4.78 is 6.69. The number of aromatic nitrogens is 2. The summed E-state index contributed by atoms with van der Waals surface area (Å²) in [5.41, 5.74) is 2.37. The number of ether oxygens (including phenoxy) is 1. The average molecular weight is 315 g/mol. The van der Waals surface area contributed by atoms with Crippen molar-refractivity contribution in [3.8, 4) is 5.75 Å². The lowest BCUT2D eigenvalue weighted by Gasteiger charge is -2.12. The molecule has 0 amide bonds. The molecule has 0 radical (unpaired) electrons. The van der Waals surface area contributed by atoms with Crippen molar-refractivity contribution < 1.29 is 9.84 Å². The molecule has 1 aromatic carbocycles. The molecule has 0 bridgehead atoms. The van der Waals surface area contributed by atoms with E-state index in [-0.39, 0.29) is 0 Å². The molecule has 1 heterocycles. The third-order valence-electron chi connectivity index (χ3n) is 3.23. The summed E-state index contributed by atoms with van der Waals surface area (Å²) in [6.07, 6.45) is -0.306. The third-order valence-corrected chi connectivity index (χ3v) is 4.00. The van der Waals surface area contributed by atoms with Gasteiger partial charge in [-0.05, 0) is 24.6 Å². The van der Waals surface area contributed by atoms with Crippen molar-refractivity contribution in [3.63, 3.8) is 0 Å². The zero-order chi connectivity index (χ0) is 14.9. The molecule has 1 unspecified atom stereocenters. The van der Waals surface area contributed by atoms with Crippen molar-refractivity contribution in [3.05, 3.63) is 45.2 Å². The van der Waals surface area contributed by atoms with Crippen molar-refractivity contribution >= 4 is 23.2 Å². The van der Waals surface area contributed by atoms with Gasteiger partial charge in [-0.1, -0.05) is 29.3 Å². The van der Waals surface area contributed by atoms with Crippen LogP contribution in [0.5, 0.6) is 5.75 Å². The molecule has 2 aromatic rings. The molecule has 1 N–H and O–H groups in total. The molecular formula is C14H16Cl2N2O2.